The first-order valence-corrected chi connectivity index (χ1v) is 6.47. The number of nitrogens with one attached hydrogen (secondary N) is 1. The summed E-state index contributed by atoms with van der Waals surface area (Å²) in [5.41, 5.74) is 1.37. The molecule has 0 aliphatic heterocycles. The Morgan fingerprint density at radius 1 is 1.11 bits per heavy atom. The van der Waals surface area contributed by atoms with Crippen LogP contribution < -0.4 is 10.1 Å². The number of rotatable bonds is 7. The average molecular weight is 251 g/mol. The Kier molecular flexibility index (Phi) is 6.16. The lowest BCUT2D eigenvalue weighted by Gasteiger charge is -2.20. The highest BCUT2D eigenvalue weighted by Gasteiger charge is 2.06. The quantitative estimate of drug-likeness (QED) is 0.756. The summed E-state index contributed by atoms with van der Waals surface area (Å²) >= 11 is 0. The monoisotopic (exact) mass is 251 g/mol. The highest BCUT2D eigenvalue weighted by molar-refractivity contribution is 5.26. The first-order valence-electron chi connectivity index (χ1n) is 6.47. The van der Waals surface area contributed by atoms with Crippen molar-refractivity contribution < 1.29 is 9.47 Å². The van der Waals surface area contributed by atoms with Crippen LogP contribution in [0.3, 0.4) is 0 Å². The van der Waals surface area contributed by atoms with E-state index in [0.717, 1.165) is 25.3 Å². The Morgan fingerprint density at radius 2 is 1.78 bits per heavy atom. The molecule has 0 heterocycles. The largest absolute Gasteiger partial charge is 0.497 e. The fourth-order valence-corrected chi connectivity index (χ4v) is 1.55. The van der Waals surface area contributed by atoms with Gasteiger partial charge in [0.15, 0.2) is 0 Å². The Labute approximate surface area is 110 Å². The van der Waals surface area contributed by atoms with Crippen LogP contribution in [-0.2, 0) is 11.3 Å². The third-order valence-corrected chi connectivity index (χ3v) is 2.55. The van der Waals surface area contributed by atoms with Crippen molar-refractivity contribution in [1.82, 2.24) is 5.32 Å². The fourth-order valence-electron chi connectivity index (χ4n) is 1.55. The van der Waals surface area contributed by atoms with Crippen LogP contribution in [0.1, 0.15) is 32.8 Å². The maximum atomic E-state index is 5.63. The van der Waals surface area contributed by atoms with Gasteiger partial charge in [-0.25, -0.2) is 0 Å². The molecule has 0 saturated carbocycles. The van der Waals surface area contributed by atoms with Crippen molar-refractivity contribution in [3.8, 4) is 5.75 Å². The van der Waals surface area contributed by atoms with Crippen LogP contribution in [0.15, 0.2) is 24.3 Å². The molecule has 0 atom stereocenters. The Balaban J connectivity index is 2.10. The summed E-state index contributed by atoms with van der Waals surface area (Å²) in [4.78, 5) is 0. The van der Waals surface area contributed by atoms with Crippen LogP contribution in [0.4, 0.5) is 0 Å². The van der Waals surface area contributed by atoms with Crippen LogP contribution in [0.5, 0.6) is 5.75 Å². The maximum absolute atomic E-state index is 5.63. The number of methoxy groups -OCH3 is 1. The van der Waals surface area contributed by atoms with E-state index in [1.165, 1.54) is 5.56 Å². The molecular weight excluding hydrogens is 226 g/mol. The van der Waals surface area contributed by atoms with E-state index in [-0.39, 0.29) is 5.54 Å². The molecule has 18 heavy (non-hydrogen) atoms. The highest BCUT2D eigenvalue weighted by atomic mass is 16.5. The van der Waals surface area contributed by atoms with Gasteiger partial charge in [0, 0.05) is 12.1 Å². The zero-order valence-electron chi connectivity index (χ0n) is 12.0. The third kappa shape index (κ3) is 6.62. The molecule has 1 aromatic rings. The summed E-state index contributed by atoms with van der Waals surface area (Å²) in [6, 6.07) is 7.98. The van der Waals surface area contributed by atoms with Gasteiger partial charge >= 0.3 is 0 Å². The van der Waals surface area contributed by atoms with Gasteiger partial charge in [-0.15, -0.1) is 0 Å². The minimum absolute atomic E-state index is 0.190. The molecule has 0 radical (unpaired) electrons. The standard InChI is InChI=1S/C15H25NO2/c1-15(2,3)16-10-5-11-18-12-13-6-8-14(17-4)9-7-13/h6-9,16H,5,10-12H2,1-4H3. The zero-order valence-corrected chi connectivity index (χ0v) is 12.0. The van der Waals surface area contributed by atoms with Crippen LogP contribution in [0.25, 0.3) is 0 Å². The van der Waals surface area contributed by atoms with Crippen molar-refractivity contribution in [2.45, 2.75) is 39.3 Å². The Bertz CT molecular complexity index is 327. The molecule has 0 saturated heterocycles. The summed E-state index contributed by atoms with van der Waals surface area (Å²) in [7, 11) is 1.67. The van der Waals surface area contributed by atoms with Crippen LogP contribution in [0, 0.1) is 0 Å². The zero-order chi connectivity index (χ0) is 13.4. The van der Waals surface area contributed by atoms with Gasteiger partial charge < -0.3 is 14.8 Å². The second kappa shape index (κ2) is 7.39. The van der Waals surface area contributed by atoms with Crippen LogP contribution >= 0.6 is 0 Å². The molecule has 0 bridgehead atoms. The molecule has 0 fully saturated rings. The van der Waals surface area contributed by atoms with E-state index in [2.05, 4.69) is 26.1 Å². The molecule has 0 aliphatic carbocycles. The predicted octanol–water partition coefficient (Wildman–Crippen LogP) is 2.99. The lowest BCUT2D eigenvalue weighted by atomic mass is 10.1. The minimum Gasteiger partial charge on any atom is -0.497 e. The molecule has 3 heteroatoms. The van der Waals surface area contributed by atoms with Crippen molar-refractivity contribution in [1.29, 1.82) is 0 Å². The summed E-state index contributed by atoms with van der Waals surface area (Å²) < 4.78 is 10.7. The first kappa shape index (κ1) is 15.0. The second-order valence-electron chi connectivity index (χ2n) is 5.43. The molecule has 3 nitrogen and oxygen atoms in total. The summed E-state index contributed by atoms with van der Waals surface area (Å²) in [6.45, 7) is 8.96. The molecule has 1 aromatic carbocycles. The fraction of sp³-hybridized carbons (Fsp3) is 0.600. The predicted molar refractivity (Wildman–Crippen MR) is 75.0 cm³/mol. The molecule has 0 amide bonds. The van der Waals surface area contributed by atoms with Crippen molar-refractivity contribution in [2.24, 2.45) is 0 Å². The van der Waals surface area contributed by atoms with Crippen LogP contribution in [0.2, 0.25) is 0 Å². The van der Waals surface area contributed by atoms with Gasteiger partial charge in [0.1, 0.15) is 5.75 Å². The lowest BCUT2D eigenvalue weighted by molar-refractivity contribution is 0.117. The van der Waals surface area contributed by atoms with E-state index in [9.17, 15) is 0 Å². The van der Waals surface area contributed by atoms with Gasteiger partial charge in [0.2, 0.25) is 0 Å². The molecular formula is C15H25NO2. The van der Waals surface area contributed by atoms with E-state index in [4.69, 9.17) is 9.47 Å². The first-order chi connectivity index (χ1) is 8.51. The number of ether oxygens (including phenoxy) is 2. The maximum Gasteiger partial charge on any atom is 0.118 e. The lowest BCUT2D eigenvalue weighted by Crippen LogP contribution is -2.36. The summed E-state index contributed by atoms with van der Waals surface area (Å²) in [6.07, 6.45) is 1.04. The molecule has 0 unspecified atom stereocenters. The van der Waals surface area contributed by atoms with Gasteiger partial charge in [0.05, 0.1) is 13.7 Å². The van der Waals surface area contributed by atoms with E-state index in [0.29, 0.717) is 6.61 Å². The summed E-state index contributed by atoms with van der Waals surface area (Å²) in [5, 5.41) is 3.44. The molecule has 1 rings (SSSR count). The molecule has 0 aliphatic rings. The van der Waals surface area contributed by atoms with Gasteiger partial charge in [-0.1, -0.05) is 12.1 Å². The van der Waals surface area contributed by atoms with E-state index in [1.807, 2.05) is 24.3 Å². The van der Waals surface area contributed by atoms with Crippen molar-refractivity contribution in [3.05, 3.63) is 29.8 Å². The highest BCUT2D eigenvalue weighted by Crippen LogP contribution is 2.11. The Morgan fingerprint density at radius 3 is 2.33 bits per heavy atom. The van der Waals surface area contributed by atoms with E-state index in [1.54, 1.807) is 7.11 Å². The Hall–Kier alpha value is -1.06. The van der Waals surface area contributed by atoms with Gasteiger partial charge in [0.25, 0.3) is 0 Å². The number of hydrogen-bond acceptors (Lipinski definition) is 3. The average Bonchev–Trinajstić information content (AvgIpc) is 2.33. The minimum atomic E-state index is 0.190. The molecule has 0 spiro atoms. The van der Waals surface area contributed by atoms with Crippen molar-refractivity contribution in [2.75, 3.05) is 20.3 Å². The second-order valence-corrected chi connectivity index (χ2v) is 5.43. The summed E-state index contributed by atoms with van der Waals surface area (Å²) in [5.74, 6) is 0.883. The van der Waals surface area contributed by atoms with Crippen LogP contribution in [-0.4, -0.2) is 25.8 Å². The van der Waals surface area contributed by atoms with E-state index >= 15 is 0 Å². The SMILES string of the molecule is COc1ccc(COCCCNC(C)(C)C)cc1. The number of hydrogen-bond donors (Lipinski definition) is 1. The van der Waals surface area contributed by atoms with Crippen molar-refractivity contribution in [3.63, 3.8) is 0 Å². The molecule has 1 N–H and O–H groups in total. The normalized spacial score (nSPS) is 11.6. The molecule has 0 aromatic heterocycles. The van der Waals surface area contributed by atoms with Crippen molar-refractivity contribution >= 4 is 0 Å². The topological polar surface area (TPSA) is 30.5 Å². The van der Waals surface area contributed by atoms with Gasteiger partial charge in [-0.3, -0.25) is 0 Å². The molecule has 102 valence electrons. The third-order valence-electron chi connectivity index (χ3n) is 2.55. The van der Waals surface area contributed by atoms with Gasteiger partial charge in [-0.05, 0) is 51.4 Å². The number of benzene rings is 1. The smallest absolute Gasteiger partial charge is 0.118 e. The van der Waals surface area contributed by atoms with Gasteiger partial charge in [-0.2, -0.15) is 0 Å². The van der Waals surface area contributed by atoms with E-state index < -0.39 is 0 Å².